The van der Waals surface area contributed by atoms with Crippen LogP contribution in [0.4, 0.5) is 0 Å². The van der Waals surface area contributed by atoms with Gasteiger partial charge in [0.15, 0.2) is 5.69 Å². The maximum absolute atomic E-state index is 10.4. The Morgan fingerprint density at radius 2 is 2.33 bits per heavy atom. The van der Waals surface area contributed by atoms with Gasteiger partial charge in [0, 0.05) is 6.20 Å². The van der Waals surface area contributed by atoms with Gasteiger partial charge in [0.25, 0.3) is 0 Å². The summed E-state index contributed by atoms with van der Waals surface area (Å²) < 4.78 is 20.8. The molecule has 0 N–H and O–H groups in total. The zero-order valence-electron chi connectivity index (χ0n) is 6.35. The molecule has 0 saturated carbocycles. The fraction of sp³-hybridized carbons (Fsp3) is 0. The topological polar surface area (TPSA) is 76.8 Å². The molecule has 0 amide bonds. The van der Waals surface area contributed by atoms with Crippen molar-refractivity contribution in [3.05, 3.63) is 24.0 Å². The van der Waals surface area contributed by atoms with E-state index in [0.29, 0.717) is 0 Å². The van der Waals surface area contributed by atoms with Gasteiger partial charge in [0.2, 0.25) is 0 Å². The SMILES string of the molecule is N#Cc1ncccc1S(=O)[O-].[Na+]. The minimum atomic E-state index is -2.38. The van der Waals surface area contributed by atoms with Crippen LogP contribution in [0.2, 0.25) is 0 Å². The fourth-order valence-electron chi connectivity index (χ4n) is 0.609. The van der Waals surface area contributed by atoms with Crippen molar-refractivity contribution in [2.24, 2.45) is 0 Å². The fourth-order valence-corrected chi connectivity index (χ4v) is 1.05. The van der Waals surface area contributed by atoms with Gasteiger partial charge < -0.3 is 4.55 Å². The molecule has 0 radical (unpaired) electrons. The van der Waals surface area contributed by atoms with Crippen molar-refractivity contribution in [1.82, 2.24) is 4.98 Å². The van der Waals surface area contributed by atoms with Crippen LogP contribution >= 0.6 is 0 Å². The van der Waals surface area contributed by atoms with Gasteiger partial charge in [-0.2, -0.15) is 5.26 Å². The van der Waals surface area contributed by atoms with E-state index >= 15 is 0 Å². The predicted molar refractivity (Wildman–Crippen MR) is 36.1 cm³/mol. The van der Waals surface area contributed by atoms with Crippen molar-refractivity contribution in [2.75, 3.05) is 0 Å². The minimum absolute atomic E-state index is 0. The van der Waals surface area contributed by atoms with Gasteiger partial charge in [0.05, 0.1) is 4.90 Å². The van der Waals surface area contributed by atoms with Crippen LogP contribution in [-0.4, -0.2) is 13.7 Å². The van der Waals surface area contributed by atoms with Crippen LogP contribution in [-0.2, 0) is 11.1 Å². The second-order valence-corrected chi connectivity index (χ2v) is 2.61. The molecule has 1 unspecified atom stereocenters. The average molecular weight is 190 g/mol. The van der Waals surface area contributed by atoms with E-state index in [-0.39, 0.29) is 40.1 Å². The van der Waals surface area contributed by atoms with Gasteiger partial charge in [-0.3, -0.25) is 4.21 Å². The third-order valence-electron chi connectivity index (χ3n) is 1.06. The summed E-state index contributed by atoms with van der Waals surface area (Å²) in [6.07, 6.45) is 1.37. The van der Waals surface area contributed by atoms with E-state index in [4.69, 9.17) is 5.26 Å². The molecule has 1 heterocycles. The molecule has 0 aliphatic heterocycles. The second kappa shape index (κ2) is 5.41. The summed E-state index contributed by atoms with van der Waals surface area (Å²) in [6.45, 7) is 0. The molecule has 0 aliphatic carbocycles. The summed E-state index contributed by atoms with van der Waals surface area (Å²) in [4.78, 5) is 3.50. The molecule has 6 heteroatoms. The van der Waals surface area contributed by atoms with Crippen molar-refractivity contribution in [3.8, 4) is 6.07 Å². The summed E-state index contributed by atoms with van der Waals surface area (Å²) >= 11 is -2.38. The van der Waals surface area contributed by atoms with Gasteiger partial charge in [0.1, 0.15) is 6.07 Å². The minimum Gasteiger partial charge on any atom is -0.768 e. The van der Waals surface area contributed by atoms with E-state index in [1.54, 1.807) is 6.07 Å². The molecule has 0 aliphatic rings. The van der Waals surface area contributed by atoms with Crippen LogP contribution in [0.3, 0.4) is 0 Å². The van der Waals surface area contributed by atoms with E-state index < -0.39 is 11.1 Å². The van der Waals surface area contributed by atoms with Gasteiger partial charge in [-0.05, 0) is 23.2 Å². The first-order valence-electron chi connectivity index (χ1n) is 2.70. The molecule has 0 bridgehead atoms. The summed E-state index contributed by atoms with van der Waals surface area (Å²) in [7, 11) is 0. The van der Waals surface area contributed by atoms with E-state index in [1.807, 2.05) is 0 Å². The summed E-state index contributed by atoms with van der Waals surface area (Å²) in [5, 5.41) is 8.38. The molecule has 4 nitrogen and oxygen atoms in total. The van der Waals surface area contributed by atoms with Crippen LogP contribution < -0.4 is 29.6 Å². The standard InChI is InChI=1S/C6H4N2O2S.Na/c7-4-5-6(11(9)10)2-1-3-8-5;/h1-3H,(H,9,10);/q;+1/p-1. The second-order valence-electron chi connectivity index (χ2n) is 1.70. The van der Waals surface area contributed by atoms with Crippen molar-refractivity contribution in [1.29, 1.82) is 5.26 Å². The predicted octanol–water partition coefficient (Wildman–Crippen LogP) is -2.80. The number of rotatable bonds is 1. The third-order valence-corrected chi connectivity index (χ3v) is 1.74. The Bertz CT molecular complexity index is 337. The average Bonchev–Trinajstić information content (AvgIpc) is 2.04. The molecular weight excluding hydrogens is 187 g/mol. The molecular formula is C6H3N2NaO2S. The van der Waals surface area contributed by atoms with Crippen LogP contribution in [0.25, 0.3) is 0 Å². The molecule has 12 heavy (non-hydrogen) atoms. The largest absolute Gasteiger partial charge is 1.00 e. The zero-order chi connectivity index (χ0) is 8.27. The van der Waals surface area contributed by atoms with Crippen molar-refractivity contribution in [3.63, 3.8) is 0 Å². The third kappa shape index (κ3) is 2.66. The number of hydrogen-bond acceptors (Lipinski definition) is 4. The molecule has 0 aromatic carbocycles. The Morgan fingerprint density at radius 1 is 1.67 bits per heavy atom. The van der Waals surface area contributed by atoms with Crippen molar-refractivity contribution in [2.45, 2.75) is 4.90 Å². The van der Waals surface area contributed by atoms with Gasteiger partial charge in [-0.1, -0.05) is 0 Å². The molecule has 1 atom stereocenters. The molecule has 1 rings (SSSR count). The summed E-state index contributed by atoms with van der Waals surface area (Å²) in [5.41, 5.74) is -0.0687. The first kappa shape index (κ1) is 11.8. The Hall–Kier alpha value is -0.250. The number of hydrogen-bond donors (Lipinski definition) is 0. The molecule has 56 valence electrons. The smallest absolute Gasteiger partial charge is 0.768 e. The van der Waals surface area contributed by atoms with E-state index in [0.717, 1.165) is 0 Å². The Labute approximate surface area is 94.2 Å². The number of pyridine rings is 1. The summed E-state index contributed by atoms with van der Waals surface area (Å²) in [6, 6.07) is 4.47. The van der Waals surface area contributed by atoms with Crippen molar-refractivity contribution < 1.29 is 38.3 Å². The van der Waals surface area contributed by atoms with Gasteiger partial charge >= 0.3 is 29.6 Å². The van der Waals surface area contributed by atoms with Crippen molar-refractivity contribution >= 4 is 11.1 Å². The van der Waals surface area contributed by atoms with E-state index in [2.05, 4.69) is 4.98 Å². The Kier molecular flexibility index (Phi) is 5.29. The molecule has 0 fully saturated rings. The molecule has 1 aromatic rings. The zero-order valence-corrected chi connectivity index (χ0v) is 9.17. The first-order valence-corrected chi connectivity index (χ1v) is 3.77. The van der Waals surface area contributed by atoms with Gasteiger partial charge in [-0.25, -0.2) is 4.98 Å². The van der Waals surface area contributed by atoms with Crippen LogP contribution in [0.5, 0.6) is 0 Å². The van der Waals surface area contributed by atoms with Gasteiger partial charge in [-0.15, -0.1) is 0 Å². The molecule has 0 spiro atoms. The first-order chi connectivity index (χ1) is 5.25. The molecule has 1 aromatic heterocycles. The maximum atomic E-state index is 10.4. The van der Waals surface area contributed by atoms with E-state index in [1.165, 1.54) is 18.3 Å². The van der Waals surface area contributed by atoms with Crippen LogP contribution in [0.15, 0.2) is 23.2 Å². The summed E-state index contributed by atoms with van der Waals surface area (Å²) in [5.74, 6) is 0. The Morgan fingerprint density at radius 3 is 2.75 bits per heavy atom. The number of aromatic nitrogens is 1. The normalized spacial score (nSPS) is 11.0. The molecule has 0 saturated heterocycles. The monoisotopic (exact) mass is 190 g/mol. The van der Waals surface area contributed by atoms with Crippen LogP contribution in [0, 0.1) is 11.3 Å². The number of nitrogens with zero attached hydrogens (tertiary/aromatic N) is 2. The van der Waals surface area contributed by atoms with Crippen LogP contribution in [0.1, 0.15) is 5.69 Å². The quantitative estimate of drug-likeness (QED) is 0.354. The number of nitriles is 1. The Balaban J connectivity index is 0.00000121. The maximum Gasteiger partial charge on any atom is 1.00 e. The van der Waals surface area contributed by atoms with E-state index in [9.17, 15) is 8.76 Å².